The van der Waals surface area contributed by atoms with Crippen molar-refractivity contribution in [1.82, 2.24) is 0 Å². The maximum atomic E-state index is 15.4. The number of fused-ring (bicyclic) bond motifs is 1. The zero-order valence-electron chi connectivity index (χ0n) is 20.8. The SMILES string of the molecule is C/C(=C\c1cc(F)c2c(c1)N(S(=O)(=O)c1cccc(OC(F)F)c1)CC(CCC(=O)O)O2)c1c(F)cccc1Cl. The van der Waals surface area contributed by atoms with Crippen molar-refractivity contribution in [3.8, 4) is 11.5 Å². The average molecular weight is 600 g/mol. The molecule has 0 saturated heterocycles. The lowest BCUT2D eigenvalue weighted by Crippen LogP contribution is -2.44. The molecule has 40 heavy (non-hydrogen) atoms. The van der Waals surface area contributed by atoms with Crippen molar-refractivity contribution in [3.63, 3.8) is 0 Å². The number of sulfonamides is 1. The van der Waals surface area contributed by atoms with Gasteiger partial charge < -0.3 is 14.6 Å². The molecular formula is C27H22ClF4NO6S. The third-order valence-corrected chi connectivity index (χ3v) is 8.10. The average Bonchev–Trinajstić information content (AvgIpc) is 2.87. The molecule has 1 atom stereocenters. The topological polar surface area (TPSA) is 93.1 Å². The van der Waals surface area contributed by atoms with Gasteiger partial charge in [0.2, 0.25) is 0 Å². The minimum Gasteiger partial charge on any atom is -0.483 e. The van der Waals surface area contributed by atoms with Crippen LogP contribution in [0.15, 0.2) is 59.5 Å². The predicted molar refractivity (Wildman–Crippen MR) is 140 cm³/mol. The second kappa shape index (κ2) is 11.8. The van der Waals surface area contributed by atoms with E-state index in [9.17, 15) is 26.4 Å². The number of benzene rings is 3. The zero-order chi connectivity index (χ0) is 29.2. The predicted octanol–water partition coefficient (Wildman–Crippen LogP) is 6.60. The number of carboxylic acids is 1. The van der Waals surface area contributed by atoms with Crippen LogP contribution in [0.4, 0.5) is 23.2 Å². The van der Waals surface area contributed by atoms with Crippen molar-refractivity contribution in [1.29, 1.82) is 0 Å². The zero-order valence-corrected chi connectivity index (χ0v) is 22.4. The van der Waals surface area contributed by atoms with Crippen LogP contribution in [-0.4, -0.2) is 38.8 Å². The number of hydrogen-bond acceptors (Lipinski definition) is 5. The van der Waals surface area contributed by atoms with Crippen LogP contribution in [0.25, 0.3) is 11.6 Å². The van der Waals surface area contributed by atoms with Crippen molar-refractivity contribution >= 4 is 44.9 Å². The van der Waals surface area contributed by atoms with Gasteiger partial charge >= 0.3 is 12.6 Å². The molecule has 0 fully saturated rings. The number of aliphatic carboxylic acids is 1. The van der Waals surface area contributed by atoms with Crippen LogP contribution in [0, 0.1) is 11.6 Å². The van der Waals surface area contributed by atoms with Crippen molar-refractivity contribution in [3.05, 3.63) is 82.4 Å². The smallest absolute Gasteiger partial charge is 0.387 e. The number of alkyl halides is 2. The lowest BCUT2D eigenvalue weighted by Gasteiger charge is -2.36. The van der Waals surface area contributed by atoms with Gasteiger partial charge in [0.15, 0.2) is 11.6 Å². The minimum absolute atomic E-state index is 0.0765. The summed E-state index contributed by atoms with van der Waals surface area (Å²) in [5.41, 5.74) is 0.332. The quantitative estimate of drug-likeness (QED) is 0.220. The Balaban J connectivity index is 1.82. The van der Waals surface area contributed by atoms with E-state index >= 15 is 4.39 Å². The highest BCUT2D eigenvalue weighted by Crippen LogP contribution is 2.42. The molecule has 0 saturated carbocycles. The van der Waals surface area contributed by atoms with E-state index in [1.165, 1.54) is 36.4 Å². The first kappa shape index (κ1) is 29.2. The van der Waals surface area contributed by atoms with Gasteiger partial charge in [-0.15, -0.1) is 0 Å². The number of anilines is 1. The fourth-order valence-electron chi connectivity index (χ4n) is 4.27. The molecule has 3 aromatic rings. The molecule has 212 valence electrons. The summed E-state index contributed by atoms with van der Waals surface area (Å²) in [4.78, 5) is 10.7. The molecule has 3 aromatic carbocycles. The van der Waals surface area contributed by atoms with Crippen LogP contribution in [0.5, 0.6) is 11.5 Å². The summed E-state index contributed by atoms with van der Waals surface area (Å²) < 4.78 is 93.6. The Bertz CT molecular complexity index is 1560. The fraction of sp³-hybridized carbons (Fsp3) is 0.222. The molecule has 0 spiro atoms. The number of carboxylic acid groups (broad SMARTS) is 1. The summed E-state index contributed by atoms with van der Waals surface area (Å²) in [7, 11) is -4.52. The number of halogens is 5. The standard InChI is InChI=1S/C27H22ClF4NO6S/c1-15(25-20(28)6-3-7-21(25)29)10-16-11-22(30)26-23(12-16)33(14-18(38-26)8-9-24(34)35)40(36,37)19-5-2-4-17(13-19)39-27(31)32/h2-7,10-13,18,27H,8-9,14H2,1H3,(H,34,35)/b15-10+. The van der Waals surface area contributed by atoms with E-state index in [2.05, 4.69) is 4.74 Å². The van der Waals surface area contributed by atoms with E-state index in [1.807, 2.05) is 0 Å². The van der Waals surface area contributed by atoms with Crippen molar-refractivity contribution in [2.45, 2.75) is 37.4 Å². The number of carbonyl (C=O) groups is 1. The molecule has 4 rings (SSSR count). The van der Waals surface area contributed by atoms with Crippen molar-refractivity contribution < 1.29 is 45.4 Å². The molecule has 0 bridgehead atoms. The molecule has 0 radical (unpaired) electrons. The van der Waals surface area contributed by atoms with E-state index in [-0.39, 0.29) is 34.7 Å². The Morgan fingerprint density at radius 3 is 2.58 bits per heavy atom. The van der Waals surface area contributed by atoms with Crippen molar-refractivity contribution in [2.75, 3.05) is 10.8 Å². The van der Waals surface area contributed by atoms with Gasteiger partial charge in [0, 0.05) is 18.1 Å². The number of hydrogen-bond donors (Lipinski definition) is 1. The van der Waals surface area contributed by atoms with Gasteiger partial charge in [-0.1, -0.05) is 29.8 Å². The Hall–Kier alpha value is -3.77. The molecular weight excluding hydrogens is 578 g/mol. The summed E-state index contributed by atoms with van der Waals surface area (Å²) in [6.07, 6.45) is -0.141. The van der Waals surface area contributed by atoms with Crippen LogP contribution in [0.1, 0.15) is 30.9 Å². The highest BCUT2D eigenvalue weighted by atomic mass is 35.5. The molecule has 0 aliphatic carbocycles. The molecule has 0 aromatic heterocycles. The summed E-state index contributed by atoms with van der Waals surface area (Å²) >= 11 is 6.14. The van der Waals surface area contributed by atoms with Gasteiger partial charge in [0.05, 0.1) is 22.2 Å². The monoisotopic (exact) mass is 599 g/mol. The normalized spacial score (nSPS) is 15.5. The Morgan fingerprint density at radius 1 is 1.18 bits per heavy atom. The molecule has 1 aliphatic rings. The van der Waals surface area contributed by atoms with E-state index in [0.29, 0.717) is 5.57 Å². The van der Waals surface area contributed by atoms with Gasteiger partial charge in [0.1, 0.15) is 17.7 Å². The second-order valence-electron chi connectivity index (χ2n) is 8.84. The van der Waals surface area contributed by atoms with Crippen molar-refractivity contribution in [2.24, 2.45) is 0 Å². The van der Waals surface area contributed by atoms with Crippen LogP contribution in [0.3, 0.4) is 0 Å². The van der Waals surface area contributed by atoms with Crippen LogP contribution >= 0.6 is 11.6 Å². The molecule has 0 amide bonds. The summed E-state index contributed by atoms with van der Waals surface area (Å²) in [6.45, 7) is -2.05. The van der Waals surface area contributed by atoms with Crippen LogP contribution in [-0.2, 0) is 14.8 Å². The lowest BCUT2D eigenvalue weighted by atomic mass is 10.0. The first-order valence-corrected chi connectivity index (χ1v) is 13.6. The molecule has 1 heterocycles. The first-order chi connectivity index (χ1) is 18.9. The number of rotatable bonds is 9. The number of ether oxygens (including phenoxy) is 2. The molecule has 13 heteroatoms. The maximum absolute atomic E-state index is 15.4. The first-order valence-electron chi connectivity index (χ1n) is 11.8. The van der Waals surface area contributed by atoms with Gasteiger partial charge in [-0.3, -0.25) is 9.10 Å². The summed E-state index contributed by atoms with van der Waals surface area (Å²) in [5, 5.41) is 9.19. The fourth-order valence-corrected chi connectivity index (χ4v) is 6.11. The summed E-state index contributed by atoms with van der Waals surface area (Å²) in [5.74, 6) is -3.58. The largest absolute Gasteiger partial charge is 0.483 e. The maximum Gasteiger partial charge on any atom is 0.387 e. The van der Waals surface area contributed by atoms with E-state index in [0.717, 1.165) is 28.6 Å². The number of nitrogens with zero attached hydrogens (tertiary/aromatic N) is 1. The van der Waals surface area contributed by atoms with Gasteiger partial charge in [0.25, 0.3) is 10.0 Å². The van der Waals surface area contributed by atoms with E-state index < -0.39 is 63.3 Å². The highest BCUT2D eigenvalue weighted by Gasteiger charge is 2.37. The molecule has 7 nitrogen and oxygen atoms in total. The molecule has 1 aliphatic heterocycles. The number of allylic oxidation sites excluding steroid dienone is 1. The molecule has 1 unspecified atom stereocenters. The van der Waals surface area contributed by atoms with Crippen LogP contribution < -0.4 is 13.8 Å². The van der Waals surface area contributed by atoms with Crippen LogP contribution in [0.2, 0.25) is 5.02 Å². The third-order valence-electron chi connectivity index (χ3n) is 6.01. The van der Waals surface area contributed by atoms with E-state index in [1.54, 1.807) is 6.92 Å². The van der Waals surface area contributed by atoms with Gasteiger partial charge in [-0.2, -0.15) is 8.78 Å². The minimum atomic E-state index is -4.52. The second-order valence-corrected chi connectivity index (χ2v) is 11.1. The Labute approximate surface area is 232 Å². The third kappa shape index (κ3) is 6.34. The van der Waals surface area contributed by atoms with Gasteiger partial charge in [-0.25, -0.2) is 17.2 Å². The van der Waals surface area contributed by atoms with E-state index in [4.69, 9.17) is 21.4 Å². The highest BCUT2D eigenvalue weighted by molar-refractivity contribution is 7.92. The summed E-state index contributed by atoms with van der Waals surface area (Å²) in [6, 6.07) is 10.9. The Kier molecular flexibility index (Phi) is 8.59. The lowest BCUT2D eigenvalue weighted by molar-refractivity contribution is -0.137. The molecule has 1 N–H and O–H groups in total. The van der Waals surface area contributed by atoms with Gasteiger partial charge in [-0.05, 0) is 60.9 Å². The Morgan fingerprint density at radius 2 is 1.90 bits per heavy atom.